The normalized spacial score (nSPS) is 11.6. The molecular formula is C19H18N8O2. The Hall–Kier alpha value is -3.82. The van der Waals surface area contributed by atoms with Gasteiger partial charge < -0.3 is 13.7 Å². The van der Waals surface area contributed by atoms with Crippen LogP contribution in [0.25, 0.3) is 27.8 Å². The summed E-state index contributed by atoms with van der Waals surface area (Å²) in [6.07, 6.45) is 5.83. The lowest BCUT2D eigenvalue weighted by molar-refractivity contribution is 0.399. The number of nitrogens with zero attached hydrogens (tertiary/aromatic N) is 8. The van der Waals surface area contributed by atoms with E-state index in [0.29, 0.717) is 36.3 Å². The second kappa shape index (κ2) is 6.66. The zero-order valence-electron chi connectivity index (χ0n) is 16.2. The van der Waals surface area contributed by atoms with Gasteiger partial charge in [0.2, 0.25) is 17.7 Å². The van der Waals surface area contributed by atoms with Crippen LogP contribution in [0.5, 0.6) is 5.88 Å². The van der Waals surface area contributed by atoms with Crippen molar-refractivity contribution in [3.63, 3.8) is 0 Å². The monoisotopic (exact) mass is 390 g/mol. The maximum atomic E-state index is 5.67. The molecule has 10 heteroatoms. The van der Waals surface area contributed by atoms with Crippen LogP contribution in [-0.4, -0.2) is 46.4 Å². The van der Waals surface area contributed by atoms with Crippen LogP contribution >= 0.6 is 0 Å². The number of imidazole rings is 1. The third-order valence-corrected chi connectivity index (χ3v) is 4.83. The molecule has 146 valence electrons. The van der Waals surface area contributed by atoms with Gasteiger partial charge in [0, 0.05) is 29.9 Å². The first-order chi connectivity index (χ1) is 14.2. The lowest BCUT2D eigenvalue weighted by Gasteiger charge is -2.06. The smallest absolute Gasteiger partial charge is 0.241 e. The predicted molar refractivity (Wildman–Crippen MR) is 104 cm³/mol. The lowest BCUT2D eigenvalue weighted by atomic mass is 10.1. The van der Waals surface area contributed by atoms with Crippen molar-refractivity contribution >= 4 is 16.7 Å². The van der Waals surface area contributed by atoms with Gasteiger partial charge in [0.1, 0.15) is 24.2 Å². The highest BCUT2D eigenvalue weighted by molar-refractivity contribution is 5.87. The fourth-order valence-corrected chi connectivity index (χ4v) is 3.40. The summed E-state index contributed by atoms with van der Waals surface area (Å²) >= 11 is 0. The first-order valence-corrected chi connectivity index (χ1v) is 9.18. The van der Waals surface area contributed by atoms with Crippen molar-refractivity contribution < 1.29 is 9.15 Å². The molecule has 0 spiro atoms. The van der Waals surface area contributed by atoms with Gasteiger partial charge in [0.15, 0.2) is 5.65 Å². The number of aryl methyl sites for hydroxylation is 2. The second-order valence-corrected chi connectivity index (χ2v) is 6.55. The Bertz CT molecular complexity index is 1330. The largest absolute Gasteiger partial charge is 0.479 e. The van der Waals surface area contributed by atoms with Crippen molar-refractivity contribution in [1.82, 2.24) is 39.3 Å². The summed E-state index contributed by atoms with van der Waals surface area (Å²) in [5.41, 5.74) is 4.16. The molecule has 5 aromatic rings. The minimum absolute atomic E-state index is 0.434. The van der Waals surface area contributed by atoms with Gasteiger partial charge in [0.05, 0.1) is 12.6 Å². The van der Waals surface area contributed by atoms with Crippen molar-refractivity contribution in [2.45, 2.75) is 26.8 Å². The summed E-state index contributed by atoms with van der Waals surface area (Å²) in [5.74, 6) is 2.48. The highest BCUT2D eigenvalue weighted by Gasteiger charge is 2.17. The average Bonchev–Trinajstić information content (AvgIpc) is 3.45. The van der Waals surface area contributed by atoms with E-state index in [0.717, 1.165) is 28.0 Å². The summed E-state index contributed by atoms with van der Waals surface area (Å²) in [5, 5.41) is 12.4. The number of aromatic nitrogens is 8. The zero-order chi connectivity index (χ0) is 20.0. The van der Waals surface area contributed by atoms with E-state index in [4.69, 9.17) is 9.15 Å². The number of hydrogen-bond acceptors (Lipinski definition) is 8. The van der Waals surface area contributed by atoms with E-state index in [1.165, 1.54) is 6.33 Å². The molecule has 0 aromatic carbocycles. The fraction of sp³-hybridized carbons (Fsp3) is 0.263. The minimum atomic E-state index is 0.434. The lowest BCUT2D eigenvalue weighted by Crippen LogP contribution is -2.02. The molecule has 0 amide bonds. The molecule has 10 nitrogen and oxygen atoms in total. The van der Waals surface area contributed by atoms with Gasteiger partial charge in [-0.05, 0) is 19.1 Å². The molecule has 0 aliphatic heterocycles. The number of methoxy groups -OCH3 is 1. The molecule has 5 rings (SSSR count). The molecule has 0 aliphatic rings. The third-order valence-electron chi connectivity index (χ3n) is 4.83. The van der Waals surface area contributed by atoms with Gasteiger partial charge in [-0.25, -0.2) is 14.5 Å². The summed E-state index contributed by atoms with van der Waals surface area (Å²) in [4.78, 5) is 13.3. The number of ether oxygens (including phenoxy) is 1. The van der Waals surface area contributed by atoms with Crippen molar-refractivity contribution in [2.75, 3.05) is 7.11 Å². The molecule has 0 aliphatic carbocycles. The van der Waals surface area contributed by atoms with E-state index < -0.39 is 0 Å². The molecule has 0 bridgehead atoms. The Kier molecular flexibility index (Phi) is 3.97. The fourth-order valence-electron chi connectivity index (χ4n) is 3.40. The maximum absolute atomic E-state index is 5.67. The number of rotatable bonds is 5. The Morgan fingerprint density at radius 3 is 2.83 bits per heavy atom. The van der Waals surface area contributed by atoms with Gasteiger partial charge in [-0.15, -0.1) is 10.2 Å². The van der Waals surface area contributed by atoms with Crippen LogP contribution in [0.2, 0.25) is 0 Å². The highest BCUT2D eigenvalue weighted by atomic mass is 16.5. The van der Waals surface area contributed by atoms with Gasteiger partial charge in [-0.2, -0.15) is 10.1 Å². The topological polar surface area (TPSA) is 109 Å². The number of fused-ring (bicyclic) bond motifs is 2. The van der Waals surface area contributed by atoms with Gasteiger partial charge in [0.25, 0.3) is 0 Å². The van der Waals surface area contributed by atoms with E-state index in [9.17, 15) is 0 Å². The molecule has 29 heavy (non-hydrogen) atoms. The molecule has 5 aromatic heterocycles. The van der Waals surface area contributed by atoms with E-state index in [1.54, 1.807) is 17.8 Å². The summed E-state index contributed by atoms with van der Waals surface area (Å²) in [6.45, 7) is 4.35. The first kappa shape index (κ1) is 17.3. The number of hydrogen-bond donors (Lipinski definition) is 0. The molecule has 0 N–H and O–H groups in total. The van der Waals surface area contributed by atoms with Crippen molar-refractivity contribution in [2.24, 2.45) is 0 Å². The summed E-state index contributed by atoms with van der Waals surface area (Å²) in [7, 11) is 1.59. The second-order valence-electron chi connectivity index (χ2n) is 6.55. The summed E-state index contributed by atoms with van der Waals surface area (Å²) < 4.78 is 14.8. The van der Waals surface area contributed by atoms with Gasteiger partial charge in [-0.3, -0.25) is 0 Å². The van der Waals surface area contributed by atoms with Crippen LogP contribution in [0.4, 0.5) is 0 Å². The summed E-state index contributed by atoms with van der Waals surface area (Å²) in [6, 6.07) is 4.01. The van der Waals surface area contributed by atoms with Crippen LogP contribution in [0.3, 0.4) is 0 Å². The van der Waals surface area contributed by atoms with Gasteiger partial charge >= 0.3 is 0 Å². The van der Waals surface area contributed by atoms with Crippen LogP contribution in [0, 0.1) is 6.92 Å². The maximum Gasteiger partial charge on any atom is 0.241 e. The molecule has 0 radical (unpaired) electrons. The molecule has 0 atom stereocenters. The highest BCUT2D eigenvalue weighted by Crippen LogP contribution is 2.31. The van der Waals surface area contributed by atoms with Crippen LogP contribution in [0.15, 0.2) is 35.3 Å². The van der Waals surface area contributed by atoms with Crippen molar-refractivity contribution in [3.05, 3.63) is 48.5 Å². The predicted octanol–water partition coefficient (Wildman–Crippen LogP) is 2.45. The molecule has 0 unspecified atom stereocenters. The average molecular weight is 390 g/mol. The van der Waals surface area contributed by atoms with Crippen LogP contribution in [-0.2, 0) is 13.0 Å². The Morgan fingerprint density at radius 1 is 1.17 bits per heavy atom. The first-order valence-electron chi connectivity index (χ1n) is 9.18. The van der Waals surface area contributed by atoms with E-state index >= 15 is 0 Å². The Balaban J connectivity index is 1.64. The molecular weight excluding hydrogens is 372 g/mol. The van der Waals surface area contributed by atoms with E-state index in [2.05, 4.69) is 30.2 Å². The van der Waals surface area contributed by atoms with Crippen molar-refractivity contribution in [1.29, 1.82) is 0 Å². The Morgan fingerprint density at radius 2 is 2.03 bits per heavy atom. The minimum Gasteiger partial charge on any atom is -0.479 e. The molecule has 0 saturated carbocycles. The molecule has 5 heterocycles. The van der Waals surface area contributed by atoms with E-state index in [-0.39, 0.29) is 0 Å². The van der Waals surface area contributed by atoms with Crippen molar-refractivity contribution in [3.8, 4) is 17.0 Å². The third kappa shape index (κ3) is 2.80. The Labute approximate surface area is 165 Å². The molecule has 0 saturated heterocycles. The van der Waals surface area contributed by atoms with Gasteiger partial charge in [-0.1, -0.05) is 6.92 Å². The van der Waals surface area contributed by atoms with Crippen LogP contribution < -0.4 is 4.74 Å². The van der Waals surface area contributed by atoms with E-state index in [1.807, 2.05) is 36.7 Å². The standard InChI is InChI=1S/C19H18N8O2/c1-4-15-24-25-16(29-15)9-26-11(2)23-18-14(26)7-12(8-20-18)13-5-6-27-17(13)19(28-3)21-10-22-27/h5-8,10H,4,9H2,1-3H3. The quantitative estimate of drug-likeness (QED) is 0.450. The zero-order valence-corrected chi connectivity index (χ0v) is 16.2. The van der Waals surface area contributed by atoms with Crippen LogP contribution in [0.1, 0.15) is 24.5 Å². The SMILES string of the molecule is CCc1nnc(Cn2c(C)nc3ncc(-c4ccn5ncnc(OC)c45)cc32)o1. The number of pyridine rings is 1. The molecule has 0 fully saturated rings.